The number of carbonyl (C=O) groups is 1. The standard InChI is InChI=1S/C15H22N2O2/c1-9-5-12(10(2)11(3)14(9)19-4)8-17-15(18)13-6-16-7-13/h5,13,16H,6-8H2,1-4H3,(H,17,18). The second kappa shape index (κ2) is 5.61. The van der Waals surface area contributed by atoms with Crippen molar-refractivity contribution in [2.24, 2.45) is 5.92 Å². The summed E-state index contributed by atoms with van der Waals surface area (Å²) in [5, 5.41) is 6.12. The number of rotatable bonds is 4. The number of amides is 1. The minimum Gasteiger partial charge on any atom is -0.496 e. The summed E-state index contributed by atoms with van der Waals surface area (Å²) >= 11 is 0. The highest BCUT2D eigenvalue weighted by Gasteiger charge is 2.24. The van der Waals surface area contributed by atoms with Gasteiger partial charge in [0.15, 0.2) is 0 Å². The Labute approximate surface area is 114 Å². The number of ether oxygens (including phenoxy) is 1. The molecular weight excluding hydrogens is 240 g/mol. The first-order valence-corrected chi connectivity index (χ1v) is 6.66. The van der Waals surface area contributed by atoms with Crippen molar-refractivity contribution in [2.75, 3.05) is 20.2 Å². The zero-order valence-electron chi connectivity index (χ0n) is 12.1. The lowest BCUT2D eigenvalue weighted by molar-refractivity contribution is -0.126. The Morgan fingerprint density at radius 1 is 1.37 bits per heavy atom. The highest BCUT2D eigenvalue weighted by molar-refractivity contribution is 5.80. The largest absolute Gasteiger partial charge is 0.496 e. The van der Waals surface area contributed by atoms with Crippen LogP contribution in [0.15, 0.2) is 6.07 Å². The molecule has 2 rings (SSSR count). The van der Waals surface area contributed by atoms with Crippen LogP contribution in [0.25, 0.3) is 0 Å². The molecule has 0 bridgehead atoms. The third-order valence-corrected chi connectivity index (χ3v) is 3.94. The second-order valence-electron chi connectivity index (χ2n) is 5.21. The first-order chi connectivity index (χ1) is 9.04. The van der Waals surface area contributed by atoms with Gasteiger partial charge in [-0.05, 0) is 43.0 Å². The van der Waals surface area contributed by atoms with Crippen molar-refractivity contribution in [3.05, 3.63) is 28.3 Å². The summed E-state index contributed by atoms with van der Waals surface area (Å²) in [5.74, 6) is 1.22. The number of nitrogens with one attached hydrogen (secondary N) is 2. The molecule has 104 valence electrons. The highest BCUT2D eigenvalue weighted by atomic mass is 16.5. The molecule has 1 aliphatic rings. The molecule has 0 saturated carbocycles. The predicted octanol–water partition coefficient (Wildman–Crippen LogP) is 1.46. The molecule has 1 heterocycles. The molecule has 0 atom stereocenters. The van der Waals surface area contributed by atoms with E-state index in [0.29, 0.717) is 6.54 Å². The number of benzene rings is 1. The SMILES string of the molecule is COc1c(C)cc(CNC(=O)C2CNC2)c(C)c1C. The van der Waals surface area contributed by atoms with Crippen LogP contribution in [0.1, 0.15) is 22.3 Å². The molecule has 4 heteroatoms. The summed E-state index contributed by atoms with van der Waals surface area (Å²) in [6.45, 7) is 8.35. The van der Waals surface area contributed by atoms with E-state index < -0.39 is 0 Å². The quantitative estimate of drug-likeness (QED) is 0.863. The first-order valence-electron chi connectivity index (χ1n) is 6.66. The molecule has 1 aliphatic heterocycles. The minimum atomic E-state index is 0.140. The second-order valence-corrected chi connectivity index (χ2v) is 5.21. The zero-order valence-corrected chi connectivity index (χ0v) is 12.1. The molecule has 0 aliphatic carbocycles. The number of aryl methyl sites for hydroxylation is 1. The molecule has 1 aromatic rings. The van der Waals surface area contributed by atoms with Crippen LogP contribution >= 0.6 is 0 Å². The Bertz CT molecular complexity index is 493. The van der Waals surface area contributed by atoms with Gasteiger partial charge in [-0.1, -0.05) is 6.07 Å². The van der Waals surface area contributed by atoms with E-state index in [-0.39, 0.29) is 11.8 Å². The van der Waals surface area contributed by atoms with Gasteiger partial charge >= 0.3 is 0 Å². The summed E-state index contributed by atoms with van der Waals surface area (Å²) in [6, 6.07) is 2.10. The molecule has 0 spiro atoms. The van der Waals surface area contributed by atoms with Gasteiger partial charge in [0.25, 0.3) is 0 Å². The van der Waals surface area contributed by atoms with Gasteiger partial charge in [0, 0.05) is 19.6 Å². The van der Waals surface area contributed by atoms with E-state index in [2.05, 4.69) is 30.5 Å². The average Bonchev–Trinajstić information content (AvgIpc) is 2.30. The molecule has 19 heavy (non-hydrogen) atoms. The number of carbonyl (C=O) groups excluding carboxylic acids is 1. The summed E-state index contributed by atoms with van der Waals surface area (Å²) in [7, 11) is 1.69. The van der Waals surface area contributed by atoms with Crippen molar-refractivity contribution < 1.29 is 9.53 Å². The molecule has 0 aromatic heterocycles. The van der Waals surface area contributed by atoms with Crippen LogP contribution < -0.4 is 15.4 Å². The van der Waals surface area contributed by atoms with E-state index in [1.807, 2.05) is 6.92 Å². The lowest BCUT2D eigenvalue weighted by Gasteiger charge is -2.26. The van der Waals surface area contributed by atoms with Gasteiger partial charge in [0.2, 0.25) is 5.91 Å². The average molecular weight is 262 g/mol. The Balaban J connectivity index is 2.10. The summed E-state index contributed by atoms with van der Waals surface area (Å²) < 4.78 is 5.41. The molecule has 1 amide bonds. The monoisotopic (exact) mass is 262 g/mol. The van der Waals surface area contributed by atoms with E-state index in [4.69, 9.17) is 4.74 Å². The maximum absolute atomic E-state index is 11.8. The Morgan fingerprint density at radius 2 is 2.05 bits per heavy atom. The van der Waals surface area contributed by atoms with Crippen molar-refractivity contribution in [3.63, 3.8) is 0 Å². The van der Waals surface area contributed by atoms with Crippen molar-refractivity contribution in [1.82, 2.24) is 10.6 Å². The summed E-state index contributed by atoms with van der Waals surface area (Å²) in [4.78, 5) is 11.8. The fourth-order valence-corrected chi connectivity index (χ4v) is 2.44. The van der Waals surface area contributed by atoms with Crippen LogP contribution in [0.2, 0.25) is 0 Å². The summed E-state index contributed by atoms with van der Waals surface area (Å²) in [6.07, 6.45) is 0. The normalized spacial score (nSPS) is 14.9. The first kappa shape index (κ1) is 13.9. The summed E-state index contributed by atoms with van der Waals surface area (Å²) in [5.41, 5.74) is 4.61. The fourth-order valence-electron chi connectivity index (χ4n) is 2.44. The van der Waals surface area contributed by atoms with E-state index in [0.717, 1.165) is 35.5 Å². The van der Waals surface area contributed by atoms with Crippen LogP contribution in [0, 0.1) is 26.7 Å². The predicted molar refractivity (Wildman–Crippen MR) is 75.4 cm³/mol. The molecule has 0 unspecified atom stereocenters. The third-order valence-electron chi connectivity index (χ3n) is 3.94. The number of methoxy groups -OCH3 is 1. The van der Waals surface area contributed by atoms with Gasteiger partial charge in [-0.2, -0.15) is 0 Å². The van der Waals surface area contributed by atoms with Gasteiger partial charge in [0.1, 0.15) is 5.75 Å². The van der Waals surface area contributed by atoms with Crippen LogP contribution in [0.4, 0.5) is 0 Å². The molecular formula is C15H22N2O2. The van der Waals surface area contributed by atoms with Crippen molar-refractivity contribution in [3.8, 4) is 5.75 Å². The smallest absolute Gasteiger partial charge is 0.225 e. The Hall–Kier alpha value is -1.55. The molecule has 0 radical (unpaired) electrons. The molecule has 4 nitrogen and oxygen atoms in total. The fraction of sp³-hybridized carbons (Fsp3) is 0.533. The van der Waals surface area contributed by atoms with Gasteiger partial charge in [-0.3, -0.25) is 4.79 Å². The Morgan fingerprint density at radius 3 is 2.58 bits per heavy atom. The van der Waals surface area contributed by atoms with Gasteiger partial charge in [0.05, 0.1) is 13.0 Å². The highest BCUT2D eigenvalue weighted by Crippen LogP contribution is 2.28. The minimum absolute atomic E-state index is 0.140. The lowest BCUT2D eigenvalue weighted by atomic mass is 9.98. The Kier molecular flexibility index (Phi) is 4.10. The van der Waals surface area contributed by atoms with E-state index in [1.165, 1.54) is 5.56 Å². The van der Waals surface area contributed by atoms with E-state index in [9.17, 15) is 4.79 Å². The third kappa shape index (κ3) is 2.73. The van der Waals surface area contributed by atoms with Crippen LogP contribution in [-0.4, -0.2) is 26.1 Å². The van der Waals surface area contributed by atoms with Crippen LogP contribution in [0.5, 0.6) is 5.75 Å². The molecule has 1 fully saturated rings. The van der Waals surface area contributed by atoms with E-state index >= 15 is 0 Å². The topological polar surface area (TPSA) is 50.4 Å². The maximum Gasteiger partial charge on any atom is 0.225 e. The zero-order chi connectivity index (χ0) is 14.0. The molecule has 2 N–H and O–H groups in total. The van der Waals surface area contributed by atoms with Gasteiger partial charge in [-0.15, -0.1) is 0 Å². The molecule has 1 aromatic carbocycles. The van der Waals surface area contributed by atoms with E-state index in [1.54, 1.807) is 7.11 Å². The molecule has 1 saturated heterocycles. The number of hydrogen-bond acceptors (Lipinski definition) is 3. The lowest BCUT2D eigenvalue weighted by Crippen LogP contribution is -2.50. The van der Waals surface area contributed by atoms with Crippen molar-refractivity contribution in [1.29, 1.82) is 0 Å². The van der Waals surface area contributed by atoms with Gasteiger partial charge < -0.3 is 15.4 Å². The van der Waals surface area contributed by atoms with Gasteiger partial charge in [-0.25, -0.2) is 0 Å². The maximum atomic E-state index is 11.8. The van der Waals surface area contributed by atoms with Crippen molar-refractivity contribution in [2.45, 2.75) is 27.3 Å². The number of hydrogen-bond donors (Lipinski definition) is 2. The van der Waals surface area contributed by atoms with Crippen LogP contribution in [-0.2, 0) is 11.3 Å². The van der Waals surface area contributed by atoms with Crippen molar-refractivity contribution >= 4 is 5.91 Å². The van der Waals surface area contributed by atoms with Crippen LogP contribution in [0.3, 0.4) is 0 Å².